The first-order chi connectivity index (χ1) is 8.55. The minimum absolute atomic E-state index is 0.621. The van der Waals surface area contributed by atoms with Gasteiger partial charge in [-0.25, -0.2) is 0 Å². The highest BCUT2D eigenvalue weighted by Gasteiger charge is 2.29. The molecular weight excluding hydrogens is 259 g/mol. The van der Waals surface area contributed by atoms with Gasteiger partial charge < -0.3 is 0 Å². The van der Waals surface area contributed by atoms with Crippen LogP contribution in [0.15, 0.2) is 53.6 Å². The highest BCUT2D eigenvalue weighted by atomic mass is 32.2. The molecule has 1 aromatic carbocycles. The van der Waals surface area contributed by atoms with Crippen LogP contribution >= 0.6 is 11.8 Å². The Labute approximate surface area is 107 Å². The normalized spacial score (nSPS) is 11.5. The van der Waals surface area contributed by atoms with Crippen molar-refractivity contribution < 1.29 is 13.2 Å². The highest BCUT2D eigenvalue weighted by molar-refractivity contribution is 7.98. The van der Waals surface area contributed by atoms with E-state index in [4.69, 9.17) is 0 Å². The molecular formula is C13H10F3NS. The first kappa shape index (κ1) is 13.0. The molecule has 0 aliphatic heterocycles. The maximum Gasteiger partial charge on any atom is 0.416 e. The average molecular weight is 269 g/mol. The quantitative estimate of drug-likeness (QED) is 0.766. The van der Waals surface area contributed by atoms with Crippen LogP contribution < -0.4 is 0 Å². The van der Waals surface area contributed by atoms with E-state index in [9.17, 15) is 13.2 Å². The van der Waals surface area contributed by atoms with E-state index in [1.807, 2.05) is 18.2 Å². The fraction of sp³-hybridized carbons (Fsp3) is 0.154. The Morgan fingerprint density at radius 3 is 2.28 bits per heavy atom. The SMILES string of the molecule is FC(F)(F)c1ccc(SCc2ccccn2)cc1. The number of hydrogen-bond donors (Lipinski definition) is 0. The average Bonchev–Trinajstić information content (AvgIpc) is 2.37. The van der Waals surface area contributed by atoms with Gasteiger partial charge in [-0.15, -0.1) is 11.8 Å². The predicted molar refractivity (Wildman–Crippen MR) is 65.2 cm³/mol. The third-order valence-corrected chi connectivity index (χ3v) is 3.34. The Morgan fingerprint density at radius 1 is 1.00 bits per heavy atom. The van der Waals surface area contributed by atoms with Crippen LogP contribution in [0.4, 0.5) is 13.2 Å². The Bertz CT molecular complexity index is 494. The third-order valence-electron chi connectivity index (χ3n) is 2.29. The van der Waals surface area contributed by atoms with Crippen molar-refractivity contribution in [3.63, 3.8) is 0 Å². The Hall–Kier alpha value is -1.49. The van der Waals surface area contributed by atoms with Gasteiger partial charge in [0.05, 0.1) is 11.3 Å². The van der Waals surface area contributed by atoms with Crippen LogP contribution in [0.3, 0.4) is 0 Å². The monoisotopic (exact) mass is 269 g/mol. The summed E-state index contributed by atoms with van der Waals surface area (Å²) in [6.45, 7) is 0. The van der Waals surface area contributed by atoms with E-state index in [1.54, 1.807) is 6.20 Å². The molecule has 0 aliphatic rings. The number of pyridine rings is 1. The minimum Gasteiger partial charge on any atom is -0.260 e. The van der Waals surface area contributed by atoms with Gasteiger partial charge in [0, 0.05) is 16.8 Å². The van der Waals surface area contributed by atoms with Crippen LogP contribution in [0, 0.1) is 0 Å². The zero-order valence-electron chi connectivity index (χ0n) is 9.32. The molecule has 0 amide bonds. The fourth-order valence-corrected chi connectivity index (χ4v) is 2.19. The van der Waals surface area contributed by atoms with Crippen LogP contribution in [-0.2, 0) is 11.9 Å². The maximum atomic E-state index is 12.4. The smallest absolute Gasteiger partial charge is 0.260 e. The number of aromatic nitrogens is 1. The molecule has 1 aromatic heterocycles. The van der Waals surface area contributed by atoms with Crippen LogP contribution in [0.1, 0.15) is 11.3 Å². The van der Waals surface area contributed by atoms with Gasteiger partial charge in [-0.1, -0.05) is 6.07 Å². The number of nitrogens with zero attached hydrogens (tertiary/aromatic N) is 1. The molecule has 94 valence electrons. The molecule has 2 aromatic rings. The van der Waals surface area contributed by atoms with Crippen molar-refractivity contribution in [3.8, 4) is 0 Å². The largest absolute Gasteiger partial charge is 0.416 e. The van der Waals surface area contributed by atoms with Crippen LogP contribution in [0.25, 0.3) is 0 Å². The van der Waals surface area contributed by atoms with Crippen molar-refractivity contribution in [1.29, 1.82) is 0 Å². The topological polar surface area (TPSA) is 12.9 Å². The molecule has 0 saturated heterocycles. The van der Waals surface area contributed by atoms with Crippen LogP contribution in [0.2, 0.25) is 0 Å². The molecule has 0 saturated carbocycles. The van der Waals surface area contributed by atoms with E-state index in [0.29, 0.717) is 5.75 Å². The van der Waals surface area contributed by atoms with E-state index in [1.165, 1.54) is 23.9 Å². The second-order valence-corrected chi connectivity index (χ2v) is 4.68. The summed E-state index contributed by atoms with van der Waals surface area (Å²) < 4.78 is 37.1. The van der Waals surface area contributed by atoms with Crippen molar-refractivity contribution in [1.82, 2.24) is 4.98 Å². The van der Waals surface area contributed by atoms with E-state index in [0.717, 1.165) is 22.7 Å². The summed E-state index contributed by atoms with van der Waals surface area (Å²) in [4.78, 5) is 4.95. The van der Waals surface area contributed by atoms with Gasteiger partial charge >= 0.3 is 6.18 Å². The van der Waals surface area contributed by atoms with E-state index < -0.39 is 11.7 Å². The van der Waals surface area contributed by atoms with E-state index in [2.05, 4.69) is 4.98 Å². The zero-order valence-corrected chi connectivity index (χ0v) is 10.1. The fourth-order valence-electron chi connectivity index (χ4n) is 1.38. The lowest BCUT2D eigenvalue weighted by atomic mass is 10.2. The molecule has 1 nitrogen and oxygen atoms in total. The standard InChI is InChI=1S/C13H10F3NS/c14-13(15,16)10-4-6-12(7-5-10)18-9-11-3-1-2-8-17-11/h1-8H,9H2. The minimum atomic E-state index is -4.27. The van der Waals surface area contributed by atoms with Gasteiger partial charge in [0.25, 0.3) is 0 Å². The maximum absolute atomic E-state index is 12.4. The number of alkyl halides is 3. The lowest BCUT2D eigenvalue weighted by Crippen LogP contribution is -2.03. The molecule has 5 heteroatoms. The lowest BCUT2D eigenvalue weighted by Gasteiger charge is -2.07. The lowest BCUT2D eigenvalue weighted by molar-refractivity contribution is -0.137. The number of rotatable bonds is 3. The third kappa shape index (κ3) is 3.50. The van der Waals surface area contributed by atoms with Gasteiger partial charge in [0.15, 0.2) is 0 Å². The molecule has 0 N–H and O–H groups in total. The Kier molecular flexibility index (Phi) is 3.91. The summed E-state index contributed by atoms with van der Waals surface area (Å²) in [6.07, 6.45) is -2.58. The second kappa shape index (κ2) is 5.44. The highest BCUT2D eigenvalue weighted by Crippen LogP contribution is 2.31. The molecule has 0 radical (unpaired) electrons. The van der Waals surface area contributed by atoms with Crippen molar-refractivity contribution in [3.05, 3.63) is 59.9 Å². The van der Waals surface area contributed by atoms with Crippen LogP contribution in [-0.4, -0.2) is 4.98 Å². The van der Waals surface area contributed by atoms with Gasteiger partial charge in [0.2, 0.25) is 0 Å². The molecule has 0 aliphatic carbocycles. The summed E-state index contributed by atoms with van der Waals surface area (Å²) in [6, 6.07) is 10.8. The van der Waals surface area contributed by atoms with Crippen molar-refractivity contribution in [2.75, 3.05) is 0 Å². The van der Waals surface area contributed by atoms with E-state index in [-0.39, 0.29) is 0 Å². The summed E-state index contributed by atoms with van der Waals surface area (Å²) in [5, 5.41) is 0. The van der Waals surface area contributed by atoms with Crippen molar-refractivity contribution in [2.24, 2.45) is 0 Å². The molecule has 0 unspecified atom stereocenters. The zero-order chi connectivity index (χ0) is 13.0. The molecule has 0 bridgehead atoms. The van der Waals surface area contributed by atoms with Gasteiger partial charge in [-0.2, -0.15) is 13.2 Å². The number of halogens is 3. The molecule has 0 atom stereocenters. The van der Waals surface area contributed by atoms with Gasteiger partial charge in [-0.3, -0.25) is 4.98 Å². The summed E-state index contributed by atoms with van der Waals surface area (Å²) in [7, 11) is 0. The van der Waals surface area contributed by atoms with Crippen molar-refractivity contribution in [2.45, 2.75) is 16.8 Å². The summed E-state index contributed by atoms with van der Waals surface area (Å²) in [5.41, 5.74) is 0.284. The molecule has 18 heavy (non-hydrogen) atoms. The Morgan fingerprint density at radius 2 is 1.72 bits per heavy atom. The summed E-state index contributed by atoms with van der Waals surface area (Å²) in [5.74, 6) is 0.645. The van der Waals surface area contributed by atoms with Gasteiger partial charge in [-0.05, 0) is 36.4 Å². The molecule has 2 rings (SSSR count). The molecule has 0 fully saturated rings. The number of benzene rings is 1. The van der Waals surface area contributed by atoms with Crippen LogP contribution in [0.5, 0.6) is 0 Å². The predicted octanol–water partition coefficient (Wildman–Crippen LogP) is 4.39. The number of hydrogen-bond acceptors (Lipinski definition) is 2. The first-order valence-corrected chi connectivity index (χ1v) is 6.24. The van der Waals surface area contributed by atoms with Gasteiger partial charge in [0.1, 0.15) is 0 Å². The molecule has 1 heterocycles. The number of thioether (sulfide) groups is 1. The second-order valence-electron chi connectivity index (χ2n) is 3.63. The molecule has 0 spiro atoms. The van der Waals surface area contributed by atoms with Crippen molar-refractivity contribution >= 4 is 11.8 Å². The van der Waals surface area contributed by atoms with E-state index >= 15 is 0 Å². The first-order valence-electron chi connectivity index (χ1n) is 5.26. The summed E-state index contributed by atoms with van der Waals surface area (Å²) >= 11 is 1.46. The Balaban J connectivity index is 1.99.